The van der Waals surface area contributed by atoms with Crippen molar-refractivity contribution in [3.8, 4) is 11.1 Å². The molecule has 0 aliphatic carbocycles. The maximum Gasteiger partial charge on any atom is 0.301 e. The van der Waals surface area contributed by atoms with E-state index >= 15 is 0 Å². The van der Waals surface area contributed by atoms with Gasteiger partial charge in [0.2, 0.25) is 0 Å². The first-order valence-electron chi connectivity index (χ1n) is 12.5. The molecule has 3 aromatic rings. The summed E-state index contributed by atoms with van der Waals surface area (Å²) >= 11 is 0. The third kappa shape index (κ3) is 6.23. The minimum absolute atomic E-state index is 0.144. The number of nitrogens with zero attached hydrogens (tertiary/aromatic N) is 2. The van der Waals surface area contributed by atoms with Gasteiger partial charge >= 0.3 is 6.02 Å². The summed E-state index contributed by atoms with van der Waals surface area (Å²) in [6.07, 6.45) is 0.144. The zero-order valence-corrected chi connectivity index (χ0v) is 22.9. The number of benzene rings is 3. The fourth-order valence-electron chi connectivity index (χ4n) is 4.84. The third-order valence-electron chi connectivity index (χ3n) is 6.49. The molecule has 3 aromatic carbocycles. The molecule has 202 valence electrons. The first-order valence-corrected chi connectivity index (χ1v) is 14.0. The number of halogens is 1. The predicted molar refractivity (Wildman–Crippen MR) is 148 cm³/mol. The average molecular weight is 540 g/mol. The third-order valence-corrected chi connectivity index (χ3v) is 8.35. The highest BCUT2D eigenvalue weighted by molar-refractivity contribution is 7.90. The first kappa shape index (κ1) is 27.8. The van der Waals surface area contributed by atoms with Crippen molar-refractivity contribution in [1.82, 2.24) is 10.2 Å². The Morgan fingerprint density at radius 3 is 2.18 bits per heavy atom. The Morgan fingerprint density at radius 1 is 1.03 bits per heavy atom. The average Bonchev–Trinajstić information content (AvgIpc) is 2.83. The number of aliphatic hydroxyl groups excluding tert-OH is 1. The SMILES string of the molecule is CN(C)Cc1ccc(-c2ccc(C3C(C)(C)OC(N[C@@H](CCO)c4ccccc4F)=NS3(=O)=O)cc2)cc1. The molecule has 0 spiro atoms. The van der Waals surface area contributed by atoms with Gasteiger partial charge in [0.05, 0.1) is 6.04 Å². The molecular weight excluding hydrogens is 505 g/mol. The number of hydrogen-bond donors (Lipinski definition) is 2. The molecular formula is C29H34FN3O4S. The predicted octanol–water partition coefficient (Wildman–Crippen LogP) is 4.80. The Hall–Kier alpha value is -3.27. The maximum absolute atomic E-state index is 14.4. The molecule has 2 atom stereocenters. The van der Waals surface area contributed by atoms with Crippen molar-refractivity contribution in [1.29, 1.82) is 0 Å². The molecule has 1 heterocycles. The van der Waals surface area contributed by atoms with Gasteiger partial charge in [-0.15, -0.1) is 4.40 Å². The molecule has 1 aliphatic heterocycles. The van der Waals surface area contributed by atoms with Crippen molar-refractivity contribution >= 4 is 16.0 Å². The van der Waals surface area contributed by atoms with Crippen LogP contribution < -0.4 is 5.32 Å². The van der Waals surface area contributed by atoms with E-state index in [-0.39, 0.29) is 24.6 Å². The number of nitrogens with one attached hydrogen (secondary N) is 1. The van der Waals surface area contributed by atoms with Gasteiger partial charge in [-0.05, 0) is 62.7 Å². The molecule has 9 heteroatoms. The standard InChI is InChI=1S/C29H34FN3O4S/c1-29(2)27(23-15-13-22(14-16-23)21-11-9-20(10-12-21)19-33(3)4)38(35,36)32-28(37-29)31-26(17-18-34)24-7-5-6-8-25(24)30/h5-16,26-27,34H,17-19H2,1-4H3,(H,31,32)/t26-,27?/m0/s1. The van der Waals surface area contributed by atoms with Crippen molar-refractivity contribution in [3.05, 3.63) is 95.3 Å². The van der Waals surface area contributed by atoms with Crippen LogP contribution in [0.2, 0.25) is 0 Å². The van der Waals surface area contributed by atoms with E-state index in [1.807, 2.05) is 26.2 Å². The number of ether oxygens (including phenoxy) is 1. The second kappa shape index (κ2) is 11.2. The summed E-state index contributed by atoms with van der Waals surface area (Å²) in [6.45, 7) is 4.00. The molecule has 0 amide bonds. The van der Waals surface area contributed by atoms with E-state index in [0.29, 0.717) is 5.56 Å². The molecule has 4 rings (SSSR count). The number of sulfonamides is 1. The van der Waals surface area contributed by atoms with Crippen LogP contribution in [-0.4, -0.2) is 50.7 Å². The van der Waals surface area contributed by atoms with E-state index in [4.69, 9.17) is 4.74 Å². The molecule has 7 nitrogen and oxygen atoms in total. The molecule has 0 radical (unpaired) electrons. The lowest BCUT2D eigenvalue weighted by Gasteiger charge is -2.38. The van der Waals surface area contributed by atoms with Crippen molar-refractivity contribution in [2.24, 2.45) is 4.40 Å². The van der Waals surface area contributed by atoms with Gasteiger partial charge in [0.1, 0.15) is 16.7 Å². The Balaban J connectivity index is 1.58. The van der Waals surface area contributed by atoms with Crippen molar-refractivity contribution in [2.75, 3.05) is 20.7 Å². The van der Waals surface area contributed by atoms with Crippen LogP contribution >= 0.6 is 0 Å². The second-order valence-electron chi connectivity index (χ2n) is 10.3. The minimum Gasteiger partial charge on any atom is -0.457 e. The van der Waals surface area contributed by atoms with E-state index < -0.39 is 32.7 Å². The summed E-state index contributed by atoms with van der Waals surface area (Å²) in [5.41, 5.74) is 2.90. The summed E-state index contributed by atoms with van der Waals surface area (Å²) in [4.78, 5) is 2.11. The monoisotopic (exact) mass is 539 g/mol. The first-order chi connectivity index (χ1) is 18.0. The van der Waals surface area contributed by atoms with Gasteiger partial charge < -0.3 is 20.1 Å². The van der Waals surface area contributed by atoms with E-state index in [0.717, 1.165) is 17.7 Å². The summed E-state index contributed by atoms with van der Waals surface area (Å²) < 4.78 is 51.1. The van der Waals surface area contributed by atoms with Crippen molar-refractivity contribution in [3.63, 3.8) is 0 Å². The molecule has 38 heavy (non-hydrogen) atoms. The van der Waals surface area contributed by atoms with Crippen LogP contribution in [0.5, 0.6) is 0 Å². The number of rotatable bonds is 8. The van der Waals surface area contributed by atoms with Crippen LogP contribution in [0.1, 0.15) is 48.3 Å². The highest BCUT2D eigenvalue weighted by Gasteiger charge is 2.47. The summed E-state index contributed by atoms with van der Waals surface area (Å²) in [7, 11) is 0.00776. The zero-order chi connectivity index (χ0) is 27.5. The molecule has 1 aliphatic rings. The molecule has 0 bridgehead atoms. The Bertz CT molecular complexity index is 1390. The maximum atomic E-state index is 14.4. The van der Waals surface area contributed by atoms with Crippen molar-refractivity contribution < 1.29 is 22.7 Å². The Labute approximate surface area is 224 Å². The largest absolute Gasteiger partial charge is 0.457 e. The van der Waals surface area contributed by atoms with Crippen LogP contribution in [0.4, 0.5) is 4.39 Å². The molecule has 1 unspecified atom stereocenters. The lowest BCUT2D eigenvalue weighted by molar-refractivity contribution is 0.0759. The molecule has 0 saturated heterocycles. The van der Waals surface area contributed by atoms with Crippen LogP contribution in [0.25, 0.3) is 11.1 Å². The zero-order valence-electron chi connectivity index (χ0n) is 22.1. The Morgan fingerprint density at radius 2 is 1.63 bits per heavy atom. The second-order valence-corrected chi connectivity index (χ2v) is 12.0. The summed E-state index contributed by atoms with van der Waals surface area (Å²) in [6, 6.07) is 20.8. The number of amidine groups is 1. The smallest absolute Gasteiger partial charge is 0.301 e. The van der Waals surface area contributed by atoms with Crippen LogP contribution in [0.15, 0.2) is 77.2 Å². The fraction of sp³-hybridized carbons (Fsp3) is 0.345. The van der Waals surface area contributed by atoms with E-state index in [1.165, 1.54) is 11.6 Å². The van der Waals surface area contributed by atoms with E-state index in [2.05, 4.69) is 38.9 Å². The topological polar surface area (TPSA) is 91.2 Å². The summed E-state index contributed by atoms with van der Waals surface area (Å²) in [5.74, 6) is -0.470. The number of aliphatic hydroxyl groups is 1. The van der Waals surface area contributed by atoms with Crippen LogP contribution in [0, 0.1) is 5.82 Å². The van der Waals surface area contributed by atoms with Gasteiger partial charge in [0.25, 0.3) is 10.0 Å². The molecule has 0 aromatic heterocycles. The van der Waals surface area contributed by atoms with Crippen molar-refractivity contribution in [2.45, 2.75) is 43.7 Å². The van der Waals surface area contributed by atoms with Gasteiger partial charge in [-0.2, -0.15) is 0 Å². The molecule has 0 saturated carbocycles. The highest BCUT2D eigenvalue weighted by Crippen LogP contribution is 2.41. The van der Waals surface area contributed by atoms with Gasteiger partial charge in [0, 0.05) is 18.7 Å². The van der Waals surface area contributed by atoms with Crippen LogP contribution in [0.3, 0.4) is 0 Å². The van der Waals surface area contributed by atoms with E-state index in [1.54, 1.807) is 44.2 Å². The summed E-state index contributed by atoms with van der Waals surface area (Å²) in [5, 5.41) is 11.4. The normalized spacial score (nSPS) is 18.9. The lowest BCUT2D eigenvalue weighted by Crippen LogP contribution is -2.47. The van der Waals surface area contributed by atoms with Gasteiger partial charge in [-0.3, -0.25) is 0 Å². The Kier molecular flexibility index (Phi) is 8.20. The van der Waals surface area contributed by atoms with Gasteiger partial charge in [-0.25, -0.2) is 12.8 Å². The van der Waals surface area contributed by atoms with Gasteiger partial charge in [0.15, 0.2) is 0 Å². The molecule has 2 N–H and O–H groups in total. The van der Waals surface area contributed by atoms with Crippen LogP contribution in [-0.2, 0) is 21.3 Å². The number of hydrogen-bond acceptors (Lipinski definition) is 6. The highest BCUT2D eigenvalue weighted by atomic mass is 32.2. The quantitative estimate of drug-likeness (QED) is 0.427. The van der Waals surface area contributed by atoms with Gasteiger partial charge in [-0.1, -0.05) is 66.7 Å². The minimum atomic E-state index is -4.04. The lowest BCUT2D eigenvalue weighted by atomic mass is 9.95. The van der Waals surface area contributed by atoms with E-state index in [9.17, 15) is 17.9 Å². The fourth-order valence-corrected chi connectivity index (χ4v) is 6.53. The molecule has 0 fully saturated rings.